The number of thioether (sulfide) groups is 1. The average molecular weight is 282 g/mol. The smallest absolute Gasteiger partial charge is 0.0161 e. The lowest BCUT2D eigenvalue weighted by atomic mass is 9.71. The second-order valence-electron chi connectivity index (χ2n) is 7.03. The molecule has 1 saturated heterocycles. The van der Waals surface area contributed by atoms with Crippen molar-refractivity contribution in [3.63, 3.8) is 0 Å². The van der Waals surface area contributed by atoms with E-state index in [4.69, 9.17) is 0 Å². The molecule has 2 saturated carbocycles. The first-order valence-electron chi connectivity index (χ1n) is 8.77. The summed E-state index contributed by atoms with van der Waals surface area (Å²) in [5.74, 6) is 4.84. The van der Waals surface area contributed by atoms with Gasteiger partial charge in [0.2, 0.25) is 0 Å². The normalized spacial score (nSPS) is 38.2. The van der Waals surface area contributed by atoms with Gasteiger partial charge in [0.15, 0.2) is 0 Å². The predicted molar refractivity (Wildman–Crippen MR) is 85.8 cm³/mol. The van der Waals surface area contributed by atoms with Crippen molar-refractivity contribution in [2.75, 3.05) is 11.5 Å². The van der Waals surface area contributed by atoms with Crippen molar-refractivity contribution >= 4 is 11.8 Å². The maximum atomic E-state index is 4.08. The topological polar surface area (TPSA) is 12.0 Å². The van der Waals surface area contributed by atoms with Crippen molar-refractivity contribution in [1.82, 2.24) is 5.32 Å². The van der Waals surface area contributed by atoms with Crippen LogP contribution >= 0.6 is 11.8 Å². The molecule has 2 aliphatic carbocycles. The van der Waals surface area contributed by atoms with Gasteiger partial charge in [-0.2, -0.15) is 11.8 Å². The Morgan fingerprint density at radius 2 is 1.53 bits per heavy atom. The molecule has 1 heterocycles. The third-order valence-corrected chi connectivity index (χ3v) is 6.90. The molecule has 3 unspecified atom stereocenters. The molecule has 3 atom stereocenters. The summed E-state index contributed by atoms with van der Waals surface area (Å²) >= 11 is 2.17. The molecule has 0 aromatic carbocycles. The van der Waals surface area contributed by atoms with Gasteiger partial charge in [0, 0.05) is 17.8 Å². The molecule has 1 N–H and O–H groups in total. The molecular formula is C17H31NS. The first-order chi connectivity index (χ1) is 9.43. The highest BCUT2D eigenvalue weighted by atomic mass is 32.2. The Labute approximate surface area is 123 Å². The van der Waals surface area contributed by atoms with Crippen LogP contribution in [0.15, 0.2) is 0 Å². The van der Waals surface area contributed by atoms with E-state index in [9.17, 15) is 0 Å². The Balaban J connectivity index is 1.56. The molecule has 2 heteroatoms. The van der Waals surface area contributed by atoms with Crippen molar-refractivity contribution < 1.29 is 0 Å². The van der Waals surface area contributed by atoms with Gasteiger partial charge in [0.1, 0.15) is 0 Å². The zero-order valence-corrected chi connectivity index (χ0v) is 13.2. The van der Waals surface area contributed by atoms with Crippen molar-refractivity contribution in [2.45, 2.75) is 82.7 Å². The first-order valence-corrected chi connectivity index (χ1v) is 9.93. The highest BCUT2D eigenvalue weighted by Gasteiger charge is 2.33. The lowest BCUT2D eigenvalue weighted by molar-refractivity contribution is 0.142. The van der Waals surface area contributed by atoms with Gasteiger partial charge in [-0.15, -0.1) is 0 Å². The van der Waals surface area contributed by atoms with Crippen LogP contribution in [0.5, 0.6) is 0 Å². The number of hydrogen-bond acceptors (Lipinski definition) is 2. The molecule has 0 radical (unpaired) electrons. The van der Waals surface area contributed by atoms with Crippen LogP contribution in [0.2, 0.25) is 0 Å². The molecule has 1 nitrogen and oxygen atoms in total. The van der Waals surface area contributed by atoms with Crippen LogP contribution in [-0.2, 0) is 0 Å². The van der Waals surface area contributed by atoms with Gasteiger partial charge in [0.05, 0.1) is 0 Å². The average Bonchev–Trinajstić information content (AvgIpc) is 2.50. The highest BCUT2D eigenvalue weighted by Crippen LogP contribution is 2.38. The fraction of sp³-hybridized carbons (Fsp3) is 1.00. The SMILES string of the molecule is C1CCC(C2CCCCC2NC2CCCSC2)CC1. The van der Waals surface area contributed by atoms with E-state index in [0.29, 0.717) is 0 Å². The van der Waals surface area contributed by atoms with E-state index in [-0.39, 0.29) is 0 Å². The van der Waals surface area contributed by atoms with E-state index in [1.54, 1.807) is 0 Å². The fourth-order valence-electron chi connectivity index (χ4n) is 4.67. The lowest BCUT2D eigenvalue weighted by Crippen LogP contribution is -2.48. The summed E-state index contributed by atoms with van der Waals surface area (Å²) < 4.78 is 0. The quantitative estimate of drug-likeness (QED) is 0.810. The largest absolute Gasteiger partial charge is 0.310 e. The fourth-order valence-corrected chi connectivity index (χ4v) is 5.75. The predicted octanol–water partition coefficient (Wildman–Crippen LogP) is 4.61. The summed E-state index contributed by atoms with van der Waals surface area (Å²) in [6, 6.07) is 1.69. The van der Waals surface area contributed by atoms with Gasteiger partial charge in [-0.25, -0.2) is 0 Å². The summed E-state index contributed by atoms with van der Waals surface area (Å²) in [5.41, 5.74) is 0. The van der Waals surface area contributed by atoms with Crippen LogP contribution in [-0.4, -0.2) is 23.6 Å². The molecule has 0 spiro atoms. The standard InChI is InChI=1S/C17H31NS/c1-2-7-14(8-3-1)16-10-4-5-11-17(16)18-15-9-6-12-19-13-15/h14-18H,1-13H2. The van der Waals surface area contributed by atoms with Crippen LogP contribution in [0.3, 0.4) is 0 Å². The number of rotatable bonds is 3. The molecule has 19 heavy (non-hydrogen) atoms. The van der Waals surface area contributed by atoms with Gasteiger partial charge >= 0.3 is 0 Å². The van der Waals surface area contributed by atoms with Gasteiger partial charge < -0.3 is 5.32 Å². The first kappa shape index (κ1) is 14.3. The highest BCUT2D eigenvalue weighted by molar-refractivity contribution is 7.99. The van der Waals surface area contributed by atoms with Gasteiger partial charge in [-0.05, 0) is 43.3 Å². The molecule has 0 amide bonds. The van der Waals surface area contributed by atoms with E-state index >= 15 is 0 Å². The van der Waals surface area contributed by atoms with Crippen molar-refractivity contribution in [3.05, 3.63) is 0 Å². The zero-order chi connectivity index (χ0) is 12.9. The van der Waals surface area contributed by atoms with E-state index in [0.717, 1.165) is 23.9 Å². The minimum atomic E-state index is 0.827. The van der Waals surface area contributed by atoms with E-state index in [2.05, 4.69) is 17.1 Å². The summed E-state index contributed by atoms with van der Waals surface area (Å²) in [6.45, 7) is 0. The Bertz CT molecular complexity index is 256. The molecule has 0 aromatic rings. The molecular weight excluding hydrogens is 250 g/mol. The Kier molecular flexibility index (Phi) is 5.52. The molecule has 3 fully saturated rings. The summed E-state index contributed by atoms with van der Waals surface area (Å²) in [4.78, 5) is 0. The maximum absolute atomic E-state index is 4.08. The third-order valence-electron chi connectivity index (χ3n) is 5.68. The van der Waals surface area contributed by atoms with Crippen molar-refractivity contribution in [2.24, 2.45) is 11.8 Å². The van der Waals surface area contributed by atoms with Crippen LogP contribution in [0, 0.1) is 11.8 Å². The Morgan fingerprint density at radius 1 is 0.737 bits per heavy atom. The Morgan fingerprint density at radius 3 is 2.32 bits per heavy atom. The zero-order valence-electron chi connectivity index (χ0n) is 12.4. The minimum Gasteiger partial charge on any atom is -0.310 e. The van der Waals surface area contributed by atoms with Crippen LogP contribution in [0.25, 0.3) is 0 Å². The molecule has 0 aromatic heterocycles. The van der Waals surface area contributed by atoms with Crippen LogP contribution < -0.4 is 5.32 Å². The molecule has 0 bridgehead atoms. The Hall–Kier alpha value is 0.310. The summed E-state index contributed by atoms with van der Waals surface area (Å²) in [5, 5.41) is 4.08. The molecule has 110 valence electrons. The molecule has 3 rings (SSSR count). The summed E-state index contributed by atoms with van der Waals surface area (Å²) in [6.07, 6.45) is 16.4. The minimum absolute atomic E-state index is 0.827. The maximum Gasteiger partial charge on any atom is 0.0161 e. The number of nitrogens with one attached hydrogen (secondary N) is 1. The van der Waals surface area contributed by atoms with Gasteiger partial charge in [-0.3, -0.25) is 0 Å². The van der Waals surface area contributed by atoms with Gasteiger partial charge in [-0.1, -0.05) is 44.9 Å². The van der Waals surface area contributed by atoms with E-state index in [1.165, 1.54) is 82.1 Å². The molecule has 1 aliphatic heterocycles. The van der Waals surface area contributed by atoms with Crippen LogP contribution in [0.4, 0.5) is 0 Å². The van der Waals surface area contributed by atoms with Crippen LogP contribution in [0.1, 0.15) is 70.6 Å². The monoisotopic (exact) mass is 281 g/mol. The third kappa shape index (κ3) is 3.91. The van der Waals surface area contributed by atoms with Crippen molar-refractivity contribution in [3.8, 4) is 0 Å². The van der Waals surface area contributed by atoms with E-state index < -0.39 is 0 Å². The number of hydrogen-bond donors (Lipinski definition) is 1. The van der Waals surface area contributed by atoms with Gasteiger partial charge in [0.25, 0.3) is 0 Å². The molecule has 3 aliphatic rings. The lowest BCUT2D eigenvalue weighted by Gasteiger charge is -2.41. The van der Waals surface area contributed by atoms with Crippen molar-refractivity contribution in [1.29, 1.82) is 0 Å². The van der Waals surface area contributed by atoms with E-state index in [1.807, 2.05) is 0 Å². The second kappa shape index (κ2) is 7.36. The summed E-state index contributed by atoms with van der Waals surface area (Å²) in [7, 11) is 0. The second-order valence-corrected chi connectivity index (χ2v) is 8.18.